The van der Waals surface area contributed by atoms with Gasteiger partial charge in [0.05, 0.1) is 11.1 Å². The van der Waals surface area contributed by atoms with Crippen LogP contribution in [-0.4, -0.2) is 17.1 Å². The maximum atomic E-state index is 12.7. The van der Waals surface area contributed by atoms with Gasteiger partial charge in [-0.25, -0.2) is 4.79 Å². The molecule has 1 aliphatic carbocycles. The number of benzene rings is 1. The average Bonchev–Trinajstić information content (AvgIpc) is 2.38. The number of rotatable bonds is 3. The monoisotopic (exact) mass is 287 g/mol. The van der Waals surface area contributed by atoms with Gasteiger partial charge in [-0.3, -0.25) is 0 Å². The molecule has 0 atom stereocenters. The van der Waals surface area contributed by atoms with E-state index < -0.39 is 17.7 Å². The molecule has 0 heterocycles. The Kier molecular flexibility index (Phi) is 4.20. The quantitative estimate of drug-likeness (QED) is 0.878. The van der Waals surface area contributed by atoms with E-state index in [0.29, 0.717) is 0 Å². The number of anilines is 1. The molecule has 1 aromatic rings. The van der Waals surface area contributed by atoms with Gasteiger partial charge in [-0.1, -0.05) is 19.3 Å². The van der Waals surface area contributed by atoms with E-state index in [0.717, 1.165) is 50.3 Å². The molecule has 0 unspecified atom stereocenters. The van der Waals surface area contributed by atoms with Gasteiger partial charge in [-0.05, 0) is 31.0 Å². The highest BCUT2D eigenvalue weighted by molar-refractivity contribution is 5.94. The Labute approximate surface area is 114 Å². The Bertz CT molecular complexity index is 494. The summed E-state index contributed by atoms with van der Waals surface area (Å²) >= 11 is 0. The van der Waals surface area contributed by atoms with Crippen molar-refractivity contribution in [2.24, 2.45) is 0 Å². The van der Waals surface area contributed by atoms with Crippen LogP contribution in [0.15, 0.2) is 18.2 Å². The average molecular weight is 287 g/mol. The van der Waals surface area contributed by atoms with Crippen LogP contribution in [0.5, 0.6) is 0 Å². The van der Waals surface area contributed by atoms with E-state index in [2.05, 4.69) is 5.32 Å². The van der Waals surface area contributed by atoms with Crippen LogP contribution in [0.1, 0.15) is 48.0 Å². The number of hydrogen-bond donors (Lipinski definition) is 2. The van der Waals surface area contributed by atoms with Crippen LogP contribution in [0.2, 0.25) is 0 Å². The Balaban J connectivity index is 2.29. The fourth-order valence-electron chi connectivity index (χ4n) is 2.49. The van der Waals surface area contributed by atoms with Crippen molar-refractivity contribution in [1.82, 2.24) is 0 Å². The zero-order chi connectivity index (χ0) is 14.8. The minimum atomic E-state index is -4.47. The minimum Gasteiger partial charge on any atom is -0.478 e. The summed E-state index contributed by atoms with van der Waals surface area (Å²) < 4.78 is 38.1. The Morgan fingerprint density at radius 1 is 1.20 bits per heavy atom. The predicted octanol–water partition coefficient (Wildman–Crippen LogP) is 4.15. The number of hydrogen-bond acceptors (Lipinski definition) is 2. The largest absolute Gasteiger partial charge is 0.478 e. The van der Waals surface area contributed by atoms with Gasteiger partial charge in [0.15, 0.2) is 0 Å². The van der Waals surface area contributed by atoms with Gasteiger partial charge < -0.3 is 10.4 Å². The van der Waals surface area contributed by atoms with E-state index >= 15 is 0 Å². The summed E-state index contributed by atoms with van der Waals surface area (Å²) in [4.78, 5) is 11.1. The molecule has 0 aliphatic heterocycles. The Morgan fingerprint density at radius 3 is 2.40 bits per heavy atom. The van der Waals surface area contributed by atoms with Crippen LogP contribution >= 0.6 is 0 Å². The number of aromatic carboxylic acids is 1. The fraction of sp³-hybridized carbons (Fsp3) is 0.500. The van der Waals surface area contributed by atoms with Crippen molar-refractivity contribution in [3.8, 4) is 0 Å². The van der Waals surface area contributed by atoms with Crippen molar-refractivity contribution >= 4 is 11.7 Å². The lowest BCUT2D eigenvalue weighted by atomic mass is 9.95. The van der Waals surface area contributed by atoms with Crippen molar-refractivity contribution in [3.63, 3.8) is 0 Å². The fourth-order valence-corrected chi connectivity index (χ4v) is 2.49. The Morgan fingerprint density at radius 2 is 1.85 bits per heavy atom. The number of carboxylic acid groups (broad SMARTS) is 1. The first-order chi connectivity index (χ1) is 9.38. The SMILES string of the molecule is O=C(O)c1ccc(C(F)(F)F)cc1NC1CCCCC1. The second kappa shape index (κ2) is 5.73. The van der Waals surface area contributed by atoms with Gasteiger partial charge in [0.1, 0.15) is 0 Å². The summed E-state index contributed by atoms with van der Waals surface area (Å²) in [5.41, 5.74) is -0.899. The van der Waals surface area contributed by atoms with Gasteiger partial charge >= 0.3 is 12.1 Å². The van der Waals surface area contributed by atoms with E-state index in [1.807, 2.05) is 0 Å². The lowest BCUT2D eigenvalue weighted by Gasteiger charge is -2.25. The molecule has 20 heavy (non-hydrogen) atoms. The summed E-state index contributed by atoms with van der Waals surface area (Å²) in [6, 6.07) is 2.74. The van der Waals surface area contributed by atoms with E-state index in [1.54, 1.807) is 0 Å². The molecule has 2 N–H and O–H groups in total. The number of carbonyl (C=O) groups is 1. The number of halogens is 3. The molecule has 0 radical (unpaired) electrons. The second-order valence-electron chi connectivity index (χ2n) is 5.04. The normalized spacial score (nSPS) is 16.9. The molecule has 2 rings (SSSR count). The number of nitrogens with one attached hydrogen (secondary N) is 1. The topological polar surface area (TPSA) is 49.3 Å². The van der Waals surface area contributed by atoms with Crippen molar-refractivity contribution in [3.05, 3.63) is 29.3 Å². The summed E-state index contributed by atoms with van der Waals surface area (Å²) in [5, 5.41) is 12.0. The van der Waals surface area contributed by atoms with Crippen molar-refractivity contribution in [2.75, 3.05) is 5.32 Å². The van der Waals surface area contributed by atoms with Gasteiger partial charge in [0.25, 0.3) is 0 Å². The third kappa shape index (κ3) is 3.43. The highest BCUT2D eigenvalue weighted by Gasteiger charge is 2.31. The molecule has 1 fully saturated rings. The van der Waals surface area contributed by atoms with Gasteiger partial charge in [0, 0.05) is 11.7 Å². The summed E-state index contributed by atoms with van der Waals surface area (Å²) in [7, 11) is 0. The third-order valence-corrected chi connectivity index (χ3v) is 3.54. The molecule has 0 spiro atoms. The molecule has 3 nitrogen and oxygen atoms in total. The van der Waals surface area contributed by atoms with Crippen molar-refractivity contribution in [2.45, 2.75) is 44.3 Å². The highest BCUT2D eigenvalue weighted by Crippen LogP contribution is 2.33. The molecule has 6 heteroatoms. The van der Waals surface area contributed by atoms with Crippen LogP contribution in [0, 0.1) is 0 Å². The molecular weight excluding hydrogens is 271 g/mol. The van der Waals surface area contributed by atoms with Crippen LogP contribution in [0.3, 0.4) is 0 Å². The van der Waals surface area contributed by atoms with Crippen LogP contribution < -0.4 is 5.32 Å². The molecular formula is C14H16F3NO2. The van der Waals surface area contributed by atoms with Gasteiger partial charge in [-0.2, -0.15) is 13.2 Å². The molecule has 0 aromatic heterocycles. The summed E-state index contributed by atoms with van der Waals surface area (Å²) in [5.74, 6) is -1.22. The Hall–Kier alpha value is -1.72. The number of alkyl halides is 3. The summed E-state index contributed by atoms with van der Waals surface area (Å²) in [6.45, 7) is 0. The standard InChI is InChI=1S/C14H16F3NO2/c15-14(16,17)9-6-7-11(13(19)20)12(8-9)18-10-4-2-1-3-5-10/h6-8,10,18H,1-5H2,(H,19,20). The molecule has 0 bridgehead atoms. The molecule has 0 amide bonds. The number of carboxylic acids is 1. The lowest BCUT2D eigenvalue weighted by molar-refractivity contribution is -0.137. The van der Waals surface area contributed by atoms with Crippen molar-refractivity contribution in [1.29, 1.82) is 0 Å². The van der Waals surface area contributed by atoms with E-state index in [9.17, 15) is 18.0 Å². The van der Waals surface area contributed by atoms with Gasteiger partial charge in [-0.15, -0.1) is 0 Å². The first-order valence-electron chi connectivity index (χ1n) is 6.59. The van der Waals surface area contributed by atoms with E-state index in [4.69, 9.17) is 5.11 Å². The highest BCUT2D eigenvalue weighted by atomic mass is 19.4. The maximum absolute atomic E-state index is 12.7. The smallest absolute Gasteiger partial charge is 0.416 e. The molecule has 1 saturated carbocycles. The van der Waals surface area contributed by atoms with Crippen LogP contribution in [0.4, 0.5) is 18.9 Å². The van der Waals surface area contributed by atoms with E-state index in [1.165, 1.54) is 0 Å². The molecule has 0 saturated heterocycles. The zero-order valence-electron chi connectivity index (χ0n) is 10.8. The van der Waals surface area contributed by atoms with Gasteiger partial charge in [0.2, 0.25) is 0 Å². The van der Waals surface area contributed by atoms with Crippen LogP contribution in [-0.2, 0) is 6.18 Å². The van der Waals surface area contributed by atoms with Crippen molar-refractivity contribution < 1.29 is 23.1 Å². The second-order valence-corrected chi connectivity index (χ2v) is 5.04. The van der Waals surface area contributed by atoms with E-state index in [-0.39, 0.29) is 17.3 Å². The molecule has 1 aromatic carbocycles. The molecule has 110 valence electrons. The predicted molar refractivity (Wildman–Crippen MR) is 68.9 cm³/mol. The zero-order valence-corrected chi connectivity index (χ0v) is 10.8. The molecule has 1 aliphatic rings. The van der Waals surface area contributed by atoms with Crippen LogP contribution in [0.25, 0.3) is 0 Å². The lowest BCUT2D eigenvalue weighted by Crippen LogP contribution is -2.24. The third-order valence-electron chi connectivity index (χ3n) is 3.54. The first kappa shape index (κ1) is 14.7. The first-order valence-corrected chi connectivity index (χ1v) is 6.59. The minimum absolute atomic E-state index is 0.0466. The maximum Gasteiger partial charge on any atom is 0.416 e. The summed E-state index contributed by atoms with van der Waals surface area (Å²) in [6.07, 6.45) is 0.384.